The number of nitrogens with one attached hydrogen (secondary N) is 2. The summed E-state index contributed by atoms with van der Waals surface area (Å²) in [6, 6.07) is 1.70. The molecule has 1 aromatic rings. The van der Waals surface area contributed by atoms with E-state index in [1.54, 1.807) is 6.07 Å². The lowest BCUT2D eigenvalue weighted by Gasteiger charge is -2.30. The van der Waals surface area contributed by atoms with Crippen molar-refractivity contribution in [2.75, 3.05) is 50.5 Å². The van der Waals surface area contributed by atoms with E-state index in [1.165, 1.54) is 0 Å². The smallest absolute Gasteiger partial charge is 0.147 e. The summed E-state index contributed by atoms with van der Waals surface area (Å²) in [5.41, 5.74) is 0. The maximum absolute atomic E-state index is 6.16. The fraction of sp³-hybridized carbons (Fsp3) is 0.615. The van der Waals surface area contributed by atoms with Crippen molar-refractivity contribution < 1.29 is 4.74 Å². The molecular formula is C13H20Cl2N4O. The fourth-order valence-electron chi connectivity index (χ4n) is 2.08. The Morgan fingerprint density at radius 2 is 2.05 bits per heavy atom. The zero-order valence-electron chi connectivity index (χ0n) is 11.7. The van der Waals surface area contributed by atoms with Crippen molar-refractivity contribution in [2.45, 2.75) is 13.0 Å². The van der Waals surface area contributed by atoms with E-state index in [-0.39, 0.29) is 6.10 Å². The molecule has 1 saturated heterocycles. The molecule has 1 aliphatic heterocycles. The second-order valence-corrected chi connectivity index (χ2v) is 5.63. The van der Waals surface area contributed by atoms with Crippen LogP contribution < -0.4 is 10.6 Å². The van der Waals surface area contributed by atoms with Crippen LogP contribution in [-0.2, 0) is 4.74 Å². The number of hydrogen-bond acceptors (Lipinski definition) is 5. The quantitative estimate of drug-likeness (QED) is 0.873. The first-order valence-corrected chi connectivity index (χ1v) is 7.49. The maximum atomic E-state index is 6.16. The summed E-state index contributed by atoms with van der Waals surface area (Å²) in [4.78, 5) is 6.66. The third kappa shape index (κ3) is 4.12. The topological polar surface area (TPSA) is 49.4 Å². The van der Waals surface area contributed by atoms with E-state index in [0.29, 0.717) is 28.2 Å². The molecule has 1 fully saturated rings. The molecule has 5 nitrogen and oxygen atoms in total. The van der Waals surface area contributed by atoms with Crippen molar-refractivity contribution in [3.8, 4) is 0 Å². The van der Waals surface area contributed by atoms with Crippen molar-refractivity contribution in [2.24, 2.45) is 0 Å². The zero-order chi connectivity index (χ0) is 14.5. The molecule has 0 radical (unpaired) electrons. The van der Waals surface area contributed by atoms with Gasteiger partial charge in [-0.25, -0.2) is 4.98 Å². The van der Waals surface area contributed by atoms with Crippen LogP contribution in [0.3, 0.4) is 0 Å². The van der Waals surface area contributed by atoms with Gasteiger partial charge in [-0.1, -0.05) is 23.2 Å². The van der Waals surface area contributed by atoms with Gasteiger partial charge in [0, 0.05) is 26.2 Å². The molecule has 0 saturated carbocycles. The molecule has 0 spiro atoms. The first-order chi connectivity index (χ1) is 9.60. The summed E-state index contributed by atoms with van der Waals surface area (Å²) in [6.07, 6.45) is 0.143. The molecule has 20 heavy (non-hydrogen) atoms. The van der Waals surface area contributed by atoms with Gasteiger partial charge in [0.05, 0.1) is 22.8 Å². The molecule has 0 aliphatic carbocycles. The molecule has 0 aromatic carbocycles. The minimum atomic E-state index is 0.143. The van der Waals surface area contributed by atoms with Crippen LogP contribution in [-0.4, -0.2) is 55.8 Å². The average molecular weight is 319 g/mol. The van der Waals surface area contributed by atoms with Crippen molar-refractivity contribution in [1.82, 2.24) is 9.88 Å². The number of halogens is 2. The molecule has 2 N–H and O–H groups in total. The Hall–Kier alpha value is -0.750. The SMILES string of the molecule is CCNc1nc(NCC2CN(C)CCO2)c(Cl)cc1Cl. The summed E-state index contributed by atoms with van der Waals surface area (Å²) in [5, 5.41) is 7.38. The molecule has 1 unspecified atom stereocenters. The minimum Gasteiger partial charge on any atom is -0.374 e. The van der Waals surface area contributed by atoms with E-state index in [1.807, 2.05) is 6.92 Å². The van der Waals surface area contributed by atoms with Gasteiger partial charge in [0.2, 0.25) is 0 Å². The first-order valence-electron chi connectivity index (χ1n) is 6.74. The van der Waals surface area contributed by atoms with Gasteiger partial charge in [-0.15, -0.1) is 0 Å². The Balaban J connectivity index is 1.99. The van der Waals surface area contributed by atoms with Gasteiger partial charge in [-0.3, -0.25) is 0 Å². The van der Waals surface area contributed by atoms with Crippen molar-refractivity contribution in [3.63, 3.8) is 0 Å². The molecule has 0 amide bonds. The van der Waals surface area contributed by atoms with Crippen LogP contribution in [0.5, 0.6) is 0 Å². The van der Waals surface area contributed by atoms with E-state index in [0.717, 1.165) is 26.2 Å². The summed E-state index contributed by atoms with van der Waals surface area (Å²) >= 11 is 12.2. The number of rotatable bonds is 5. The largest absolute Gasteiger partial charge is 0.374 e. The van der Waals surface area contributed by atoms with Crippen molar-refractivity contribution >= 4 is 34.8 Å². The van der Waals surface area contributed by atoms with Crippen LogP contribution in [0.2, 0.25) is 10.0 Å². The summed E-state index contributed by atoms with van der Waals surface area (Å²) in [6.45, 7) is 6.05. The maximum Gasteiger partial charge on any atom is 0.147 e. The standard InChI is InChI=1S/C13H20Cl2N4O/c1-3-16-12-10(14)6-11(15)13(18-12)17-7-9-8-19(2)4-5-20-9/h6,9H,3-5,7-8H2,1-2H3,(H2,16,17,18). The van der Waals surface area contributed by atoms with Crippen LogP contribution in [0.1, 0.15) is 6.92 Å². The average Bonchev–Trinajstić information content (AvgIpc) is 2.41. The Morgan fingerprint density at radius 1 is 1.35 bits per heavy atom. The van der Waals surface area contributed by atoms with Crippen LogP contribution in [0.25, 0.3) is 0 Å². The van der Waals surface area contributed by atoms with Gasteiger partial charge < -0.3 is 20.3 Å². The van der Waals surface area contributed by atoms with Crippen LogP contribution >= 0.6 is 23.2 Å². The van der Waals surface area contributed by atoms with Gasteiger partial charge >= 0.3 is 0 Å². The van der Waals surface area contributed by atoms with Gasteiger partial charge in [0.15, 0.2) is 0 Å². The third-order valence-corrected chi connectivity index (χ3v) is 3.69. The van der Waals surface area contributed by atoms with E-state index >= 15 is 0 Å². The van der Waals surface area contributed by atoms with E-state index in [4.69, 9.17) is 27.9 Å². The highest BCUT2D eigenvalue weighted by atomic mass is 35.5. The normalized spacial score (nSPS) is 19.9. The highest BCUT2D eigenvalue weighted by Gasteiger charge is 2.18. The van der Waals surface area contributed by atoms with Gasteiger partial charge in [-0.2, -0.15) is 0 Å². The lowest BCUT2D eigenvalue weighted by Crippen LogP contribution is -2.43. The fourth-order valence-corrected chi connectivity index (χ4v) is 2.57. The highest BCUT2D eigenvalue weighted by molar-refractivity contribution is 6.37. The Labute approximate surface area is 129 Å². The number of nitrogens with zero attached hydrogens (tertiary/aromatic N) is 2. The lowest BCUT2D eigenvalue weighted by atomic mass is 10.3. The minimum absolute atomic E-state index is 0.143. The second-order valence-electron chi connectivity index (χ2n) is 4.82. The number of hydrogen-bond donors (Lipinski definition) is 2. The van der Waals surface area contributed by atoms with Crippen molar-refractivity contribution in [1.29, 1.82) is 0 Å². The number of likely N-dealkylation sites (N-methyl/N-ethyl adjacent to an activating group) is 1. The molecular weight excluding hydrogens is 299 g/mol. The van der Waals surface area contributed by atoms with E-state index < -0.39 is 0 Å². The molecule has 2 heterocycles. The molecule has 1 atom stereocenters. The summed E-state index contributed by atoms with van der Waals surface area (Å²) in [5.74, 6) is 1.27. The van der Waals surface area contributed by atoms with Gasteiger partial charge in [0.1, 0.15) is 11.6 Å². The van der Waals surface area contributed by atoms with Gasteiger partial charge in [0.25, 0.3) is 0 Å². The highest BCUT2D eigenvalue weighted by Crippen LogP contribution is 2.29. The molecule has 1 aliphatic rings. The molecule has 7 heteroatoms. The number of anilines is 2. The van der Waals surface area contributed by atoms with Crippen molar-refractivity contribution in [3.05, 3.63) is 16.1 Å². The predicted octanol–water partition coefficient (Wildman–Crippen LogP) is 2.56. The Kier molecular flexibility index (Phi) is 5.72. The number of pyridine rings is 1. The molecule has 112 valence electrons. The lowest BCUT2D eigenvalue weighted by molar-refractivity contribution is -0.0117. The summed E-state index contributed by atoms with van der Waals surface area (Å²) in [7, 11) is 2.09. The van der Waals surface area contributed by atoms with E-state index in [9.17, 15) is 0 Å². The predicted molar refractivity (Wildman–Crippen MR) is 84.1 cm³/mol. The van der Waals surface area contributed by atoms with Gasteiger partial charge in [-0.05, 0) is 20.0 Å². The molecule has 1 aromatic heterocycles. The van der Waals surface area contributed by atoms with E-state index in [2.05, 4.69) is 27.6 Å². The first kappa shape index (κ1) is 15.6. The van der Waals surface area contributed by atoms with Crippen LogP contribution in [0.15, 0.2) is 6.07 Å². The van der Waals surface area contributed by atoms with Crippen LogP contribution in [0, 0.1) is 0 Å². The monoisotopic (exact) mass is 318 g/mol. The Morgan fingerprint density at radius 3 is 2.70 bits per heavy atom. The number of aromatic nitrogens is 1. The number of morpholine rings is 1. The molecule has 2 rings (SSSR count). The molecule has 0 bridgehead atoms. The third-order valence-electron chi connectivity index (χ3n) is 3.11. The second kappa shape index (κ2) is 7.31. The Bertz CT molecular complexity index is 458. The van der Waals surface area contributed by atoms with Crippen LogP contribution in [0.4, 0.5) is 11.6 Å². The number of ether oxygens (including phenoxy) is 1. The zero-order valence-corrected chi connectivity index (χ0v) is 13.3. The summed E-state index contributed by atoms with van der Waals surface area (Å²) < 4.78 is 5.69.